The first kappa shape index (κ1) is 18.4. The van der Waals surface area contributed by atoms with Gasteiger partial charge < -0.3 is 10.1 Å². The zero-order valence-electron chi connectivity index (χ0n) is 14.7. The number of aryl methyl sites for hydroxylation is 1. The Kier molecular flexibility index (Phi) is 5.28. The number of ether oxygens (including phenoxy) is 1. The average molecular weight is 378 g/mol. The number of aromatic nitrogens is 2. The number of H-pyrrole nitrogens is 1. The lowest BCUT2D eigenvalue weighted by Gasteiger charge is -2.31. The monoisotopic (exact) mass is 378 g/mol. The molecule has 1 fully saturated rings. The van der Waals surface area contributed by atoms with Crippen molar-refractivity contribution in [3.63, 3.8) is 0 Å². The van der Waals surface area contributed by atoms with Crippen LogP contribution in [0.15, 0.2) is 40.0 Å². The fraction of sp³-hybridized carbons (Fsp3) is 0.412. The topological polar surface area (TPSA) is 104 Å². The molecule has 1 aliphatic heterocycles. The number of nitrogens with zero attached hydrogens (tertiary/aromatic N) is 2. The molecule has 1 aliphatic rings. The number of aromatic amines is 1. The molecule has 1 saturated heterocycles. The van der Waals surface area contributed by atoms with Crippen molar-refractivity contribution in [3.05, 3.63) is 46.4 Å². The minimum Gasteiger partial charge on any atom is -0.497 e. The van der Waals surface area contributed by atoms with Gasteiger partial charge in [0.05, 0.1) is 12.0 Å². The number of piperidine rings is 1. The molecular weight excluding hydrogens is 356 g/mol. The van der Waals surface area contributed by atoms with Gasteiger partial charge in [-0.05, 0) is 44.0 Å². The van der Waals surface area contributed by atoms with E-state index in [0.717, 1.165) is 0 Å². The van der Waals surface area contributed by atoms with Crippen molar-refractivity contribution < 1.29 is 13.2 Å². The second kappa shape index (κ2) is 7.46. The largest absolute Gasteiger partial charge is 0.497 e. The predicted octanol–water partition coefficient (Wildman–Crippen LogP) is 1.35. The molecule has 2 aromatic rings. The summed E-state index contributed by atoms with van der Waals surface area (Å²) in [4.78, 5) is 18.7. The van der Waals surface area contributed by atoms with Crippen molar-refractivity contribution in [2.75, 3.05) is 25.5 Å². The van der Waals surface area contributed by atoms with Crippen molar-refractivity contribution in [2.24, 2.45) is 0 Å². The molecule has 26 heavy (non-hydrogen) atoms. The fourth-order valence-electron chi connectivity index (χ4n) is 2.98. The molecule has 0 spiro atoms. The highest BCUT2D eigenvalue weighted by molar-refractivity contribution is 7.89. The van der Waals surface area contributed by atoms with E-state index < -0.39 is 10.0 Å². The number of sulfonamides is 1. The molecule has 0 atom stereocenters. The van der Waals surface area contributed by atoms with Crippen LogP contribution in [0.4, 0.5) is 5.95 Å². The summed E-state index contributed by atoms with van der Waals surface area (Å²) in [5.41, 5.74) is 0.426. The van der Waals surface area contributed by atoms with Crippen LogP contribution in [0.2, 0.25) is 0 Å². The first-order chi connectivity index (χ1) is 12.4. The first-order valence-corrected chi connectivity index (χ1v) is 9.81. The molecule has 140 valence electrons. The Balaban J connectivity index is 1.64. The van der Waals surface area contributed by atoms with Gasteiger partial charge in [0.1, 0.15) is 5.75 Å². The number of hydrogen-bond acceptors (Lipinski definition) is 6. The lowest BCUT2D eigenvalue weighted by molar-refractivity contribution is 0.329. The van der Waals surface area contributed by atoms with Gasteiger partial charge in [0.25, 0.3) is 5.56 Å². The Bertz CT molecular complexity index is 917. The summed E-state index contributed by atoms with van der Waals surface area (Å²) < 4.78 is 32.0. The van der Waals surface area contributed by atoms with Gasteiger partial charge in [0.2, 0.25) is 16.0 Å². The zero-order chi connectivity index (χ0) is 18.7. The quantitative estimate of drug-likeness (QED) is 0.814. The average Bonchev–Trinajstić information content (AvgIpc) is 2.61. The van der Waals surface area contributed by atoms with E-state index in [1.807, 2.05) is 0 Å². The highest BCUT2D eigenvalue weighted by atomic mass is 32.2. The summed E-state index contributed by atoms with van der Waals surface area (Å²) in [6.45, 7) is 2.56. The molecule has 0 aliphatic carbocycles. The normalized spacial score (nSPS) is 16.4. The van der Waals surface area contributed by atoms with E-state index in [4.69, 9.17) is 4.74 Å². The Morgan fingerprint density at radius 1 is 1.23 bits per heavy atom. The maximum Gasteiger partial charge on any atom is 0.252 e. The van der Waals surface area contributed by atoms with E-state index in [1.54, 1.807) is 31.2 Å². The van der Waals surface area contributed by atoms with Crippen LogP contribution in [0.25, 0.3) is 0 Å². The van der Waals surface area contributed by atoms with Gasteiger partial charge in [-0.25, -0.2) is 13.4 Å². The number of benzene rings is 1. The minimum absolute atomic E-state index is 0.0577. The predicted molar refractivity (Wildman–Crippen MR) is 98.0 cm³/mol. The number of anilines is 1. The molecule has 2 heterocycles. The van der Waals surface area contributed by atoms with Gasteiger partial charge >= 0.3 is 0 Å². The smallest absolute Gasteiger partial charge is 0.252 e. The van der Waals surface area contributed by atoms with Gasteiger partial charge in [0, 0.05) is 30.9 Å². The van der Waals surface area contributed by atoms with E-state index in [0.29, 0.717) is 43.3 Å². The molecule has 0 radical (unpaired) electrons. The molecule has 0 bridgehead atoms. The van der Waals surface area contributed by atoms with Gasteiger partial charge in [0.15, 0.2) is 0 Å². The molecule has 8 nitrogen and oxygen atoms in total. The molecule has 0 saturated carbocycles. The number of nitrogens with one attached hydrogen (secondary N) is 2. The van der Waals surface area contributed by atoms with E-state index >= 15 is 0 Å². The fourth-order valence-corrected chi connectivity index (χ4v) is 4.45. The van der Waals surface area contributed by atoms with Crippen molar-refractivity contribution in [1.29, 1.82) is 0 Å². The molecular formula is C17H22N4O4S. The third-order valence-electron chi connectivity index (χ3n) is 4.36. The second-order valence-corrected chi connectivity index (χ2v) is 8.17. The Labute approximate surface area is 152 Å². The first-order valence-electron chi connectivity index (χ1n) is 8.37. The Morgan fingerprint density at radius 3 is 2.46 bits per heavy atom. The number of methoxy groups -OCH3 is 1. The van der Waals surface area contributed by atoms with Crippen LogP contribution in [0.5, 0.6) is 5.75 Å². The zero-order valence-corrected chi connectivity index (χ0v) is 15.5. The summed E-state index contributed by atoms with van der Waals surface area (Å²) >= 11 is 0. The van der Waals surface area contributed by atoms with Crippen LogP contribution < -0.4 is 15.6 Å². The third-order valence-corrected chi connectivity index (χ3v) is 6.27. The molecule has 0 unspecified atom stereocenters. The van der Waals surface area contributed by atoms with Crippen molar-refractivity contribution in [2.45, 2.75) is 30.7 Å². The summed E-state index contributed by atoms with van der Waals surface area (Å²) in [6, 6.07) is 7.87. The van der Waals surface area contributed by atoms with Gasteiger partial charge in [-0.2, -0.15) is 4.31 Å². The third kappa shape index (κ3) is 4.05. The van der Waals surface area contributed by atoms with Crippen molar-refractivity contribution in [1.82, 2.24) is 14.3 Å². The molecule has 0 amide bonds. The van der Waals surface area contributed by atoms with Crippen molar-refractivity contribution in [3.8, 4) is 5.75 Å². The van der Waals surface area contributed by atoms with E-state index in [9.17, 15) is 13.2 Å². The van der Waals surface area contributed by atoms with Crippen LogP contribution in [0, 0.1) is 6.92 Å². The lowest BCUT2D eigenvalue weighted by atomic mass is 10.1. The van der Waals surface area contributed by atoms with E-state index in [2.05, 4.69) is 15.3 Å². The minimum atomic E-state index is -3.52. The maximum absolute atomic E-state index is 12.7. The van der Waals surface area contributed by atoms with E-state index in [-0.39, 0.29) is 16.5 Å². The second-order valence-electron chi connectivity index (χ2n) is 6.23. The van der Waals surface area contributed by atoms with Crippen LogP contribution in [-0.4, -0.2) is 48.9 Å². The molecule has 1 aromatic heterocycles. The van der Waals surface area contributed by atoms with Gasteiger partial charge in [-0.3, -0.25) is 9.78 Å². The molecule has 3 rings (SSSR count). The lowest BCUT2D eigenvalue weighted by Crippen LogP contribution is -2.42. The summed E-state index contributed by atoms with van der Waals surface area (Å²) in [7, 11) is -1.98. The van der Waals surface area contributed by atoms with Crippen LogP contribution in [0.1, 0.15) is 18.5 Å². The summed E-state index contributed by atoms with van der Waals surface area (Å²) in [6.07, 6.45) is 1.26. The standard InChI is InChI=1S/C17H22N4O4S/c1-12-11-16(22)20-17(18-12)19-13-7-9-21(10-8-13)26(23,24)15-5-3-14(25-2)4-6-15/h3-6,11,13H,7-10H2,1-2H3,(H2,18,19,20,22). The Morgan fingerprint density at radius 2 is 1.88 bits per heavy atom. The van der Waals surface area contributed by atoms with Crippen LogP contribution in [0.3, 0.4) is 0 Å². The van der Waals surface area contributed by atoms with Crippen LogP contribution >= 0.6 is 0 Å². The number of hydrogen-bond donors (Lipinski definition) is 2. The van der Waals surface area contributed by atoms with Crippen LogP contribution in [-0.2, 0) is 10.0 Å². The van der Waals surface area contributed by atoms with Crippen molar-refractivity contribution >= 4 is 16.0 Å². The number of rotatable bonds is 5. The highest BCUT2D eigenvalue weighted by Crippen LogP contribution is 2.23. The van der Waals surface area contributed by atoms with E-state index in [1.165, 1.54) is 17.5 Å². The van der Waals surface area contributed by atoms with Gasteiger partial charge in [-0.1, -0.05) is 0 Å². The maximum atomic E-state index is 12.7. The molecule has 9 heteroatoms. The highest BCUT2D eigenvalue weighted by Gasteiger charge is 2.29. The SMILES string of the molecule is COc1ccc(S(=O)(=O)N2CCC(Nc3nc(C)cc(=O)[nH]3)CC2)cc1. The summed E-state index contributed by atoms with van der Waals surface area (Å²) in [5, 5.41) is 3.18. The molecule has 2 N–H and O–H groups in total. The Hall–Kier alpha value is -2.39. The molecule has 1 aromatic carbocycles. The summed E-state index contributed by atoms with van der Waals surface area (Å²) in [5.74, 6) is 1.04. The van der Waals surface area contributed by atoms with Gasteiger partial charge in [-0.15, -0.1) is 0 Å².